The van der Waals surface area contributed by atoms with Crippen molar-refractivity contribution in [3.63, 3.8) is 0 Å². The van der Waals surface area contributed by atoms with E-state index in [4.69, 9.17) is 16.3 Å². The summed E-state index contributed by atoms with van der Waals surface area (Å²) in [5, 5.41) is 0.416. The van der Waals surface area contributed by atoms with E-state index in [0.29, 0.717) is 41.0 Å². The van der Waals surface area contributed by atoms with Crippen LogP contribution in [0.4, 0.5) is 0 Å². The van der Waals surface area contributed by atoms with Crippen molar-refractivity contribution >= 4 is 23.5 Å². The number of benzene rings is 1. The molecule has 7 heteroatoms. The number of amides is 1. The lowest BCUT2D eigenvalue weighted by Gasteiger charge is -2.25. The fourth-order valence-electron chi connectivity index (χ4n) is 4.31. The molecule has 2 aliphatic heterocycles. The van der Waals surface area contributed by atoms with Crippen LogP contribution >= 0.6 is 11.6 Å². The Morgan fingerprint density at radius 3 is 2.89 bits per heavy atom. The van der Waals surface area contributed by atoms with E-state index in [-0.39, 0.29) is 11.9 Å². The SMILES string of the molecule is O=C(OCC1CCC1)c1ncn2c1[C@@H]1CCCN1C(=O)c1c(Cl)cccc1-2. The summed E-state index contributed by atoms with van der Waals surface area (Å²) in [6, 6.07) is 5.19. The molecule has 1 aromatic heterocycles. The molecule has 0 spiro atoms. The van der Waals surface area contributed by atoms with Gasteiger partial charge in [-0.1, -0.05) is 24.1 Å². The van der Waals surface area contributed by atoms with Crippen LogP contribution in [-0.2, 0) is 4.74 Å². The first kappa shape index (κ1) is 16.8. The molecule has 1 aliphatic carbocycles. The fraction of sp³-hybridized carbons (Fsp3) is 0.450. The van der Waals surface area contributed by atoms with Gasteiger partial charge in [-0.15, -0.1) is 0 Å². The number of nitrogens with zero attached hydrogens (tertiary/aromatic N) is 3. The molecule has 2 aromatic rings. The van der Waals surface area contributed by atoms with Crippen LogP contribution in [0.3, 0.4) is 0 Å². The first-order chi connectivity index (χ1) is 13.1. The van der Waals surface area contributed by atoms with E-state index in [2.05, 4.69) is 4.98 Å². The van der Waals surface area contributed by atoms with Crippen LogP contribution in [0, 0.1) is 5.92 Å². The Kier molecular flexibility index (Phi) is 3.97. The number of rotatable bonds is 3. The monoisotopic (exact) mass is 385 g/mol. The molecule has 1 amide bonds. The summed E-state index contributed by atoms with van der Waals surface area (Å²) in [5.41, 5.74) is 2.19. The molecule has 0 N–H and O–H groups in total. The Balaban J connectivity index is 1.59. The second kappa shape index (κ2) is 6.37. The van der Waals surface area contributed by atoms with E-state index in [9.17, 15) is 9.59 Å². The van der Waals surface area contributed by atoms with Gasteiger partial charge in [0.05, 0.1) is 34.6 Å². The lowest BCUT2D eigenvalue weighted by atomic mass is 9.86. The highest BCUT2D eigenvalue weighted by molar-refractivity contribution is 6.34. The zero-order valence-electron chi connectivity index (χ0n) is 14.9. The van der Waals surface area contributed by atoms with Crippen molar-refractivity contribution in [3.05, 3.63) is 46.5 Å². The molecule has 0 unspecified atom stereocenters. The third-order valence-corrected chi connectivity index (χ3v) is 6.28. The maximum absolute atomic E-state index is 13.1. The minimum absolute atomic E-state index is 0.0874. The van der Waals surface area contributed by atoms with Crippen molar-refractivity contribution in [2.75, 3.05) is 13.2 Å². The molecule has 0 bridgehead atoms. The molecule has 0 radical (unpaired) electrons. The average Bonchev–Trinajstić information content (AvgIpc) is 3.24. The number of hydrogen-bond acceptors (Lipinski definition) is 4. The molecule has 3 aliphatic rings. The van der Waals surface area contributed by atoms with Crippen molar-refractivity contribution in [1.82, 2.24) is 14.5 Å². The lowest BCUT2D eigenvalue weighted by molar-refractivity contribution is 0.0360. The minimum atomic E-state index is -0.402. The minimum Gasteiger partial charge on any atom is -0.461 e. The highest BCUT2D eigenvalue weighted by Gasteiger charge is 2.41. The molecular formula is C20H20ClN3O3. The summed E-state index contributed by atoms with van der Waals surface area (Å²) in [7, 11) is 0. The molecule has 1 atom stereocenters. The fourth-order valence-corrected chi connectivity index (χ4v) is 4.56. The van der Waals surface area contributed by atoms with Crippen molar-refractivity contribution < 1.29 is 14.3 Å². The number of carbonyl (C=O) groups excluding carboxylic acids is 2. The molecule has 140 valence electrons. The van der Waals surface area contributed by atoms with E-state index in [1.807, 2.05) is 21.6 Å². The first-order valence-corrected chi connectivity index (χ1v) is 9.87. The number of fused-ring (bicyclic) bond motifs is 5. The first-order valence-electron chi connectivity index (χ1n) is 9.49. The molecular weight excluding hydrogens is 366 g/mol. The Labute approximate surface area is 162 Å². The summed E-state index contributed by atoms with van der Waals surface area (Å²) in [4.78, 5) is 32.1. The third-order valence-electron chi connectivity index (χ3n) is 5.97. The number of aromatic nitrogens is 2. The van der Waals surface area contributed by atoms with Gasteiger partial charge < -0.3 is 9.64 Å². The number of imidazole rings is 1. The topological polar surface area (TPSA) is 64.4 Å². The second-order valence-electron chi connectivity index (χ2n) is 7.53. The van der Waals surface area contributed by atoms with Gasteiger partial charge in [0.15, 0.2) is 5.69 Å². The Morgan fingerprint density at radius 1 is 1.26 bits per heavy atom. The van der Waals surface area contributed by atoms with Gasteiger partial charge >= 0.3 is 5.97 Å². The number of halogens is 1. The van der Waals surface area contributed by atoms with Gasteiger partial charge in [0.1, 0.15) is 6.33 Å². The quantitative estimate of drug-likeness (QED) is 0.754. The van der Waals surface area contributed by atoms with Crippen LogP contribution in [-0.4, -0.2) is 39.5 Å². The van der Waals surface area contributed by atoms with Crippen LogP contribution < -0.4 is 0 Å². The van der Waals surface area contributed by atoms with E-state index in [1.165, 1.54) is 6.42 Å². The van der Waals surface area contributed by atoms with Crippen molar-refractivity contribution in [2.45, 2.75) is 38.1 Å². The predicted octanol–water partition coefficient (Wildman–Crippen LogP) is 3.77. The molecule has 1 aromatic carbocycles. The number of carbonyl (C=O) groups is 2. The van der Waals surface area contributed by atoms with Crippen LogP contribution in [0.5, 0.6) is 0 Å². The van der Waals surface area contributed by atoms with Crippen LogP contribution in [0.25, 0.3) is 5.69 Å². The zero-order valence-corrected chi connectivity index (χ0v) is 15.6. The average molecular weight is 386 g/mol. The van der Waals surface area contributed by atoms with Gasteiger partial charge in [-0.25, -0.2) is 9.78 Å². The molecule has 3 heterocycles. The largest absolute Gasteiger partial charge is 0.461 e. The highest BCUT2D eigenvalue weighted by atomic mass is 35.5. The van der Waals surface area contributed by atoms with Gasteiger partial charge in [-0.3, -0.25) is 9.36 Å². The summed E-state index contributed by atoms with van der Waals surface area (Å²) in [5.74, 6) is -0.0183. The molecule has 6 nitrogen and oxygen atoms in total. The van der Waals surface area contributed by atoms with E-state index >= 15 is 0 Å². The van der Waals surface area contributed by atoms with Gasteiger partial charge in [-0.05, 0) is 43.7 Å². The molecule has 27 heavy (non-hydrogen) atoms. The van der Waals surface area contributed by atoms with Crippen LogP contribution in [0.1, 0.15) is 64.7 Å². The van der Waals surface area contributed by atoms with Crippen molar-refractivity contribution in [2.24, 2.45) is 5.92 Å². The van der Waals surface area contributed by atoms with Crippen LogP contribution in [0.15, 0.2) is 24.5 Å². The summed E-state index contributed by atoms with van der Waals surface area (Å²) in [6.07, 6.45) is 6.74. The predicted molar refractivity (Wildman–Crippen MR) is 99.2 cm³/mol. The summed E-state index contributed by atoms with van der Waals surface area (Å²) < 4.78 is 7.38. The Bertz CT molecular complexity index is 935. The Morgan fingerprint density at radius 2 is 2.11 bits per heavy atom. The van der Waals surface area contributed by atoms with Crippen molar-refractivity contribution in [1.29, 1.82) is 0 Å². The van der Waals surface area contributed by atoms with E-state index in [0.717, 1.165) is 31.4 Å². The van der Waals surface area contributed by atoms with Crippen molar-refractivity contribution in [3.8, 4) is 5.69 Å². The normalized spacial score (nSPS) is 21.1. The zero-order chi connectivity index (χ0) is 18.5. The summed E-state index contributed by atoms with van der Waals surface area (Å²) >= 11 is 6.37. The lowest BCUT2D eigenvalue weighted by Crippen LogP contribution is -2.30. The van der Waals surface area contributed by atoms with Gasteiger partial charge in [0.25, 0.3) is 5.91 Å². The maximum atomic E-state index is 13.1. The molecule has 2 fully saturated rings. The third kappa shape index (κ3) is 2.57. The number of ether oxygens (including phenoxy) is 1. The number of esters is 1. The van der Waals surface area contributed by atoms with Gasteiger partial charge in [-0.2, -0.15) is 0 Å². The second-order valence-corrected chi connectivity index (χ2v) is 7.94. The van der Waals surface area contributed by atoms with Gasteiger partial charge in [0.2, 0.25) is 0 Å². The van der Waals surface area contributed by atoms with E-state index in [1.54, 1.807) is 12.4 Å². The highest BCUT2D eigenvalue weighted by Crippen LogP contribution is 2.41. The van der Waals surface area contributed by atoms with Gasteiger partial charge in [0, 0.05) is 6.54 Å². The standard InChI is InChI=1S/C20H20ClN3O3/c21-13-6-2-7-14-16(13)19(25)23-9-3-8-15(23)18-17(22-11-24(14)18)20(26)27-10-12-4-1-5-12/h2,6-7,11-12,15H,1,3-5,8-10H2/t15-/m0/s1. The van der Waals surface area contributed by atoms with E-state index < -0.39 is 5.97 Å². The molecule has 1 saturated heterocycles. The summed E-state index contributed by atoms with van der Waals surface area (Å²) in [6.45, 7) is 1.09. The Hall–Kier alpha value is -2.34. The molecule has 5 rings (SSSR count). The molecule has 1 saturated carbocycles. The maximum Gasteiger partial charge on any atom is 0.358 e. The number of hydrogen-bond donors (Lipinski definition) is 0. The van der Waals surface area contributed by atoms with Crippen LogP contribution in [0.2, 0.25) is 5.02 Å². The smallest absolute Gasteiger partial charge is 0.358 e.